The zero-order chi connectivity index (χ0) is 9.26. The molecule has 0 aliphatic rings. The molecule has 3 nitrogen and oxygen atoms in total. The van der Waals surface area contributed by atoms with Gasteiger partial charge in [0.1, 0.15) is 5.82 Å². The second-order valence-electron chi connectivity index (χ2n) is 2.69. The molecule has 2 aromatic heterocycles. The average molecular weight is 192 g/mol. The van der Waals surface area contributed by atoms with Gasteiger partial charge in [-0.3, -0.25) is 4.79 Å². The van der Waals surface area contributed by atoms with Gasteiger partial charge in [-0.2, -0.15) is 0 Å². The van der Waals surface area contributed by atoms with Gasteiger partial charge in [0.05, 0.1) is 5.56 Å². The highest BCUT2D eigenvalue weighted by molar-refractivity contribution is 7.13. The lowest BCUT2D eigenvalue weighted by Gasteiger charge is -1.95. The summed E-state index contributed by atoms with van der Waals surface area (Å²) in [6, 6.07) is 3.82. The van der Waals surface area contributed by atoms with Gasteiger partial charge in [-0.05, 0) is 18.4 Å². The number of rotatable bonds is 1. The minimum Gasteiger partial charge on any atom is -0.310 e. The molecule has 2 heterocycles. The first-order valence-electron chi connectivity index (χ1n) is 3.87. The third-order valence-corrected chi connectivity index (χ3v) is 2.62. The summed E-state index contributed by atoms with van der Waals surface area (Å²) in [7, 11) is 0. The molecule has 0 bridgehead atoms. The Morgan fingerprint density at radius 2 is 2.38 bits per heavy atom. The summed E-state index contributed by atoms with van der Waals surface area (Å²) in [5.74, 6) is 0.644. The summed E-state index contributed by atoms with van der Waals surface area (Å²) in [4.78, 5) is 19.1. The number of aryl methyl sites for hydroxylation is 1. The minimum absolute atomic E-state index is 0.0741. The first-order chi connectivity index (χ1) is 6.27. The second kappa shape index (κ2) is 3.14. The number of aromatic nitrogens is 2. The van der Waals surface area contributed by atoms with Crippen LogP contribution in [0.4, 0.5) is 0 Å². The van der Waals surface area contributed by atoms with E-state index >= 15 is 0 Å². The van der Waals surface area contributed by atoms with Gasteiger partial charge in [0.25, 0.3) is 5.56 Å². The first-order valence-corrected chi connectivity index (χ1v) is 4.75. The Balaban J connectivity index is 2.60. The molecule has 0 saturated carbocycles. The standard InChI is InChI=1S/C9H8N2OS/c1-6-10-5-7(9(12)11-6)8-3-2-4-13-8/h2-5H,1H3,(H,10,11,12). The zero-order valence-electron chi connectivity index (χ0n) is 7.07. The molecule has 2 rings (SSSR count). The maximum absolute atomic E-state index is 11.4. The van der Waals surface area contributed by atoms with Crippen LogP contribution in [0.2, 0.25) is 0 Å². The highest BCUT2D eigenvalue weighted by Gasteiger charge is 2.03. The Kier molecular flexibility index (Phi) is 1.98. The van der Waals surface area contributed by atoms with Crippen LogP contribution < -0.4 is 5.56 Å². The van der Waals surface area contributed by atoms with Crippen LogP contribution in [0.5, 0.6) is 0 Å². The molecule has 0 aliphatic carbocycles. The quantitative estimate of drug-likeness (QED) is 0.749. The predicted octanol–water partition coefficient (Wildman–Crippen LogP) is 1.81. The molecule has 13 heavy (non-hydrogen) atoms. The van der Waals surface area contributed by atoms with Crippen molar-refractivity contribution in [2.75, 3.05) is 0 Å². The molecule has 2 aromatic rings. The molecule has 0 atom stereocenters. The van der Waals surface area contributed by atoms with E-state index in [0.717, 1.165) is 4.88 Å². The largest absolute Gasteiger partial charge is 0.310 e. The number of H-pyrrole nitrogens is 1. The number of nitrogens with zero attached hydrogens (tertiary/aromatic N) is 1. The fourth-order valence-corrected chi connectivity index (χ4v) is 1.82. The summed E-state index contributed by atoms with van der Waals surface area (Å²) < 4.78 is 0. The van der Waals surface area contributed by atoms with Crippen molar-refractivity contribution in [3.63, 3.8) is 0 Å². The summed E-state index contributed by atoms with van der Waals surface area (Å²) >= 11 is 1.54. The van der Waals surface area contributed by atoms with Gasteiger partial charge in [0.15, 0.2) is 0 Å². The fourth-order valence-electron chi connectivity index (χ4n) is 1.09. The molecule has 66 valence electrons. The minimum atomic E-state index is -0.0741. The Hall–Kier alpha value is -1.42. The van der Waals surface area contributed by atoms with Gasteiger partial charge in [-0.25, -0.2) is 4.98 Å². The second-order valence-corrected chi connectivity index (χ2v) is 3.64. The molecular formula is C9H8N2OS. The third-order valence-electron chi connectivity index (χ3n) is 1.71. The smallest absolute Gasteiger partial charge is 0.259 e. The maximum Gasteiger partial charge on any atom is 0.259 e. The van der Waals surface area contributed by atoms with Crippen LogP contribution in [0.3, 0.4) is 0 Å². The summed E-state index contributed by atoms with van der Waals surface area (Å²) in [5.41, 5.74) is 0.565. The molecule has 0 fully saturated rings. The zero-order valence-corrected chi connectivity index (χ0v) is 7.89. The van der Waals surface area contributed by atoms with E-state index in [9.17, 15) is 4.79 Å². The Morgan fingerprint density at radius 1 is 1.54 bits per heavy atom. The van der Waals surface area contributed by atoms with Crippen molar-refractivity contribution >= 4 is 11.3 Å². The predicted molar refractivity (Wildman–Crippen MR) is 52.9 cm³/mol. The van der Waals surface area contributed by atoms with Crippen LogP contribution in [0.1, 0.15) is 5.82 Å². The van der Waals surface area contributed by atoms with E-state index in [4.69, 9.17) is 0 Å². The van der Waals surface area contributed by atoms with E-state index in [1.807, 2.05) is 17.5 Å². The van der Waals surface area contributed by atoms with Gasteiger partial charge in [-0.1, -0.05) is 6.07 Å². The molecule has 1 N–H and O–H groups in total. The molecule has 4 heteroatoms. The SMILES string of the molecule is Cc1ncc(-c2cccs2)c(=O)[nH]1. The topological polar surface area (TPSA) is 45.8 Å². The number of hydrogen-bond donors (Lipinski definition) is 1. The normalized spacial score (nSPS) is 10.2. The van der Waals surface area contributed by atoms with Crippen molar-refractivity contribution in [3.8, 4) is 10.4 Å². The van der Waals surface area contributed by atoms with E-state index < -0.39 is 0 Å². The Labute approximate surface area is 79.1 Å². The van der Waals surface area contributed by atoms with Crippen LogP contribution >= 0.6 is 11.3 Å². The molecular weight excluding hydrogens is 184 g/mol. The van der Waals surface area contributed by atoms with Gasteiger partial charge in [0.2, 0.25) is 0 Å². The van der Waals surface area contributed by atoms with E-state index in [1.54, 1.807) is 13.1 Å². The molecule has 0 aromatic carbocycles. The van der Waals surface area contributed by atoms with Crippen molar-refractivity contribution in [2.24, 2.45) is 0 Å². The van der Waals surface area contributed by atoms with Crippen LogP contribution in [0.15, 0.2) is 28.5 Å². The van der Waals surface area contributed by atoms with Gasteiger partial charge in [0, 0.05) is 11.1 Å². The first kappa shape index (κ1) is 8.19. The highest BCUT2D eigenvalue weighted by atomic mass is 32.1. The third kappa shape index (κ3) is 1.53. The fraction of sp³-hybridized carbons (Fsp3) is 0.111. The molecule has 0 aliphatic heterocycles. The van der Waals surface area contributed by atoms with E-state index in [2.05, 4.69) is 9.97 Å². The van der Waals surface area contributed by atoms with Crippen LogP contribution in [0, 0.1) is 6.92 Å². The number of aromatic amines is 1. The van der Waals surface area contributed by atoms with Gasteiger partial charge >= 0.3 is 0 Å². The van der Waals surface area contributed by atoms with Crippen molar-refractivity contribution in [3.05, 3.63) is 39.9 Å². The van der Waals surface area contributed by atoms with Gasteiger partial charge < -0.3 is 4.98 Å². The maximum atomic E-state index is 11.4. The van der Waals surface area contributed by atoms with E-state index in [-0.39, 0.29) is 5.56 Å². The monoisotopic (exact) mass is 192 g/mol. The lowest BCUT2D eigenvalue weighted by atomic mass is 10.3. The summed E-state index contributed by atoms with van der Waals surface area (Å²) in [6.07, 6.45) is 1.61. The summed E-state index contributed by atoms with van der Waals surface area (Å²) in [5, 5.41) is 1.94. The van der Waals surface area contributed by atoms with Crippen molar-refractivity contribution < 1.29 is 0 Å². The van der Waals surface area contributed by atoms with Crippen LogP contribution in [0.25, 0.3) is 10.4 Å². The van der Waals surface area contributed by atoms with E-state index in [0.29, 0.717) is 11.4 Å². The Bertz CT molecular complexity index is 459. The highest BCUT2D eigenvalue weighted by Crippen LogP contribution is 2.19. The van der Waals surface area contributed by atoms with Crippen molar-refractivity contribution in [1.29, 1.82) is 0 Å². The van der Waals surface area contributed by atoms with Gasteiger partial charge in [-0.15, -0.1) is 11.3 Å². The average Bonchev–Trinajstić information content (AvgIpc) is 2.56. The summed E-state index contributed by atoms with van der Waals surface area (Å²) in [6.45, 7) is 1.76. The molecule has 0 saturated heterocycles. The van der Waals surface area contributed by atoms with Crippen molar-refractivity contribution in [1.82, 2.24) is 9.97 Å². The molecule has 0 unspecified atom stereocenters. The molecule has 0 amide bonds. The van der Waals surface area contributed by atoms with Crippen LogP contribution in [-0.4, -0.2) is 9.97 Å². The Morgan fingerprint density at radius 3 is 3.00 bits per heavy atom. The van der Waals surface area contributed by atoms with E-state index in [1.165, 1.54) is 11.3 Å². The molecule has 0 radical (unpaired) electrons. The number of thiophene rings is 1. The van der Waals surface area contributed by atoms with Crippen molar-refractivity contribution in [2.45, 2.75) is 6.92 Å². The lowest BCUT2D eigenvalue weighted by molar-refractivity contribution is 1.02. The van der Waals surface area contributed by atoms with Crippen LogP contribution in [-0.2, 0) is 0 Å². The number of nitrogens with one attached hydrogen (secondary N) is 1. The molecule has 0 spiro atoms. The number of hydrogen-bond acceptors (Lipinski definition) is 3. The lowest BCUT2D eigenvalue weighted by Crippen LogP contribution is -2.10.